The molecule has 0 aromatic carbocycles. The average Bonchev–Trinajstić information content (AvgIpc) is 2.48. The van der Waals surface area contributed by atoms with Crippen LogP contribution >= 0.6 is 0 Å². The third-order valence-corrected chi connectivity index (χ3v) is 5.89. The van der Waals surface area contributed by atoms with Gasteiger partial charge in [-0.2, -0.15) is 0 Å². The van der Waals surface area contributed by atoms with E-state index in [1.807, 2.05) is 13.8 Å². The molecule has 0 aromatic rings. The van der Waals surface area contributed by atoms with E-state index in [2.05, 4.69) is 20.8 Å². The quantitative estimate of drug-likeness (QED) is 0.588. The molecule has 0 aliphatic heterocycles. The van der Waals surface area contributed by atoms with E-state index in [0.717, 1.165) is 38.5 Å². The molecule has 3 heteroatoms. The molecule has 20 heavy (non-hydrogen) atoms. The normalized spacial score (nSPS) is 16.7. The van der Waals surface area contributed by atoms with E-state index < -0.39 is 11.4 Å². The first-order chi connectivity index (χ1) is 9.41. The highest BCUT2D eigenvalue weighted by atomic mass is 16.4. The second-order valence-electron chi connectivity index (χ2n) is 6.18. The second-order valence-corrected chi connectivity index (χ2v) is 6.18. The monoisotopic (exact) mass is 286 g/mol. The first-order valence-corrected chi connectivity index (χ1v) is 8.26. The van der Waals surface area contributed by atoms with Crippen molar-refractivity contribution in [2.45, 2.75) is 79.6 Å². The van der Waals surface area contributed by atoms with E-state index in [0.29, 0.717) is 11.8 Å². The summed E-state index contributed by atoms with van der Waals surface area (Å²) in [6, 6.07) is 0. The number of hydrogen-bond acceptors (Lipinski definition) is 2. The lowest BCUT2D eigenvalue weighted by molar-refractivity contribution is -0.157. The molecule has 2 unspecified atom stereocenters. The maximum atomic E-state index is 11.7. The summed E-state index contributed by atoms with van der Waals surface area (Å²) in [5, 5.41) is 19.2. The van der Waals surface area contributed by atoms with Crippen molar-refractivity contribution in [3.05, 3.63) is 0 Å². The summed E-state index contributed by atoms with van der Waals surface area (Å²) in [7, 11) is 0. The molecule has 3 nitrogen and oxygen atoms in total. The summed E-state index contributed by atoms with van der Waals surface area (Å²) < 4.78 is 0. The smallest absolute Gasteiger partial charge is 0.312 e. The van der Waals surface area contributed by atoms with Crippen molar-refractivity contribution < 1.29 is 15.0 Å². The molecule has 2 atom stereocenters. The van der Waals surface area contributed by atoms with Gasteiger partial charge < -0.3 is 10.2 Å². The molecular formula is C17H34O3. The highest BCUT2D eigenvalue weighted by Crippen LogP contribution is 2.42. The van der Waals surface area contributed by atoms with Crippen molar-refractivity contribution in [1.29, 1.82) is 0 Å². The second kappa shape index (κ2) is 8.66. The van der Waals surface area contributed by atoms with Crippen LogP contribution in [0.15, 0.2) is 0 Å². The van der Waals surface area contributed by atoms with Crippen LogP contribution in [0.1, 0.15) is 79.6 Å². The number of rotatable bonds is 11. The third-order valence-electron chi connectivity index (χ3n) is 5.89. The molecule has 2 N–H and O–H groups in total. The Morgan fingerprint density at radius 2 is 1.50 bits per heavy atom. The topological polar surface area (TPSA) is 57.5 Å². The van der Waals surface area contributed by atoms with Crippen LogP contribution in [0.2, 0.25) is 0 Å². The van der Waals surface area contributed by atoms with Crippen molar-refractivity contribution in [2.75, 3.05) is 6.61 Å². The number of hydrogen-bond donors (Lipinski definition) is 2. The molecule has 0 spiro atoms. The zero-order chi connectivity index (χ0) is 15.8. The van der Waals surface area contributed by atoms with Crippen molar-refractivity contribution in [3.8, 4) is 0 Å². The maximum Gasteiger partial charge on any atom is 0.312 e. The van der Waals surface area contributed by atoms with Crippen LogP contribution in [0.25, 0.3) is 0 Å². The van der Waals surface area contributed by atoms with Gasteiger partial charge in [-0.05, 0) is 30.6 Å². The molecular weight excluding hydrogens is 252 g/mol. The minimum Gasteiger partial charge on any atom is -0.481 e. The summed E-state index contributed by atoms with van der Waals surface area (Å²) in [4.78, 5) is 11.7. The summed E-state index contributed by atoms with van der Waals surface area (Å²) in [6.45, 7) is 10.3. The fraction of sp³-hybridized carbons (Fsp3) is 0.941. The van der Waals surface area contributed by atoms with E-state index in [4.69, 9.17) is 0 Å². The van der Waals surface area contributed by atoms with Gasteiger partial charge in [0.1, 0.15) is 0 Å². The highest BCUT2D eigenvalue weighted by molar-refractivity contribution is 5.75. The number of carboxylic acids is 1. The van der Waals surface area contributed by atoms with E-state index in [1.54, 1.807) is 0 Å². The van der Waals surface area contributed by atoms with E-state index in [9.17, 15) is 15.0 Å². The van der Waals surface area contributed by atoms with Gasteiger partial charge >= 0.3 is 5.97 Å². The molecule has 0 heterocycles. The molecule has 120 valence electrons. The van der Waals surface area contributed by atoms with Crippen LogP contribution < -0.4 is 0 Å². The molecule has 0 saturated heterocycles. The van der Waals surface area contributed by atoms with Gasteiger partial charge in [-0.1, -0.05) is 60.3 Å². The van der Waals surface area contributed by atoms with Gasteiger partial charge in [0, 0.05) is 0 Å². The zero-order valence-corrected chi connectivity index (χ0v) is 14.0. The van der Waals surface area contributed by atoms with Gasteiger partial charge in [0.15, 0.2) is 0 Å². The average molecular weight is 286 g/mol. The zero-order valence-electron chi connectivity index (χ0n) is 14.0. The Bertz CT molecular complexity index is 270. The predicted octanol–water partition coefficient (Wildman–Crippen LogP) is 4.48. The number of aliphatic hydroxyl groups is 1. The fourth-order valence-corrected chi connectivity index (χ4v) is 3.55. The van der Waals surface area contributed by atoms with Gasteiger partial charge in [0.2, 0.25) is 0 Å². The van der Waals surface area contributed by atoms with Gasteiger partial charge in [-0.15, -0.1) is 0 Å². The Morgan fingerprint density at radius 3 is 1.75 bits per heavy atom. The molecule has 0 bridgehead atoms. The largest absolute Gasteiger partial charge is 0.481 e. The minimum atomic E-state index is -0.963. The summed E-state index contributed by atoms with van der Waals surface area (Å²) in [5.41, 5.74) is -0.628. The van der Waals surface area contributed by atoms with E-state index in [-0.39, 0.29) is 12.5 Å². The molecule has 0 amide bonds. The van der Waals surface area contributed by atoms with Crippen molar-refractivity contribution in [1.82, 2.24) is 0 Å². The van der Waals surface area contributed by atoms with Crippen LogP contribution in [0, 0.1) is 16.7 Å². The molecule has 0 aliphatic carbocycles. The van der Waals surface area contributed by atoms with Gasteiger partial charge in [0.05, 0.1) is 12.0 Å². The van der Waals surface area contributed by atoms with Gasteiger partial charge in [-0.25, -0.2) is 0 Å². The number of carboxylic acid groups (broad SMARTS) is 1. The fourth-order valence-electron chi connectivity index (χ4n) is 3.55. The predicted molar refractivity (Wildman–Crippen MR) is 83.8 cm³/mol. The Kier molecular flexibility index (Phi) is 8.41. The molecule has 0 radical (unpaired) electrons. The number of aliphatic hydroxyl groups excluding tert-OH is 1. The highest BCUT2D eigenvalue weighted by Gasteiger charge is 2.43. The van der Waals surface area contributed by atoms with Crippen molar-refractivity contribution in [2.24, 2.45) is 16.7 Å². The molecule has 0 aliphatic rings. The summed E-state index contributed by atoms with van der Waals surface area (Å²) >= 11 is 0. The molecule has 0 saturated carbocycles. The summed E-state index contributed by atoms with van der Waals surface area (Å²) in [5.74, 6) is -0.788. The number of aliphatic carboxylic acids is 1. The summed E-state index contributed by atoms with van der Waals surface area (Å²) in [6.07, 6.45) is 6.69. The van der Waals surface area contributed by atoms with Crippen LogP contribution in [0.3, 0.4) is 0 Å². The van der Waals surface area contributed by atoms with E-state index >= 15 is 0 Å². The standard InChI is InChI=1S/C17H34O3/c1-6-14(17(10-5,13-18)15(19)20)11-12-16(7-2,8-3)9-4/h14,18H,6-13H2,1-5H3,(H,19,20). The first kappa shape index (κ1) is 19.4. The Balaban J connectivity index is 5.05. The lowest BCUT2D eigenvalue weighted by atomic mass is 9.67. The van der Waals surface area contributed by atoms with Crippen LogP contribution in [0.4, 0.5) is 0 Å². The maximum absolute atomic E-state index is 11.7. The Labute approximate surface area is 124 Å². The Hall–Kier alpha value is -0.570. The van der Waals surface area contributed by atoms with Gasteiger partial charge in [0.25, 0.3) is 0 Å². The third kappa shape index (κ3) is 3.97. The molecule has 0 rings (SSSR count). The van der Waals surface area contributed by atoms with Crippen LogP contribution in [-0.4, -0.2) is 22.8 Å². The molecule has 0 fully saturated rings. The van der Waals surface area contributed by atoms with E-state index in [1.165, 1.54) is 0 Å². The van der Waals surface area contributed by atoms with Crippen molar-refractivity contribution in [3.63, 3.8) is 0 Å². The van der Waals surface area contributed by atoms with Gasteiger partial charge in [-0.3, -0.25) is 4.79 Å². The van der Waals surface area contributed by atoms with Crippen LogP contribution in [-0.2, 0) is 4.79 Å². The minimum absolute atomic E-state index is 0.0547. The Morgan fingerprint density at radius 1 is 1.00 bits per heavy atom. The lowest BCUT2D eigenvalue weighted by Crippen LogP contribution is -2.42. The first-order valence-electron chi connectivity index (χ1n) is 8.26. The SMILES string of the molecule is CCC(CCC(CC)(CC)CC)C(CC)(CO)C(=O)O. The van der Waals surface area contributed by atoms with Crippen molar-refractivity contribution >= 4 is 5.97 Å². The van der Waals surface area contributed by atoms with Crippen LogP contribution in [0.5, 0.6) is 0 Å². The lowest BCUT2D eigenvalue weighted by Gasteiger charge is -2.38. The number of carbonyl (C=O) groups is 1. The molecule has 0 aromatic heterocycles.